The maximum absolute atomic E-state index is 9.17. The van der Waals surface area contributed by atoms with Crippen LogP contribution < -0.4 is 5.32 Å². The molecular weight excluding hydrogens is 279 g/mol. The van der Waals surface area contributed by atoms with Crippen molar-refractivity contribution in [2.75, 3.05) is 5.32 Å². The molecule has 0 aliphatic heterocycles. The molecule has 2 aromatic carbocycles. The molecule has 0 heterocycles. The Balaban J connectivity index is 2.23. The molecule has 0 aliphatic rings. The zero-order valence-electron chi connectivity index (χ0n) is 9.90. The number of rotatable bonds is 3. The van der Waals surface area contributed by atoms with Gasteiger partial charge >= 0.3 is 0 Å². The molecule has 4 heteroatoms. The fourth-order valence-corrected chi connectivity index (χ4v) is 1.85. The van der Waals surface area contributed by atoms with Crippen LogP contribution in [0.5, 0.6) is 0 Å². The average Bonchev–Trinajstić information content (AvgIpc) is 2.43. The van der Waals surface area contributed by atoms with E-state index in [1.165, 1.54) is 0 Å². The summed E-state index contributed by atoms with van der Waals surface area (Å²) in [4.78, 5) is 0. The minimum Gasteiger partial charge on any atom is -0.359 e. The van der Waals surface area contributed by atoms with Gasteiger partial charge in [-0.05, 0) is 29.8 Å². The Labute approximate surface area is 121 Å². The maximum Gasteiger partial charge on any atom is 0.101 e. The number of para-hydroxylation sites is 1. The van der Waals surface area contributed by atoms with Crippen molar-refractivity contribution in [3.05, 3.63) is 70.3 Å². The molecule has 1 N–H and O–H groups in total. The standard InChI is InChI=1S/C15H10Cl2N2/c16-13-7-5-11(6-8-13)12(9-18)10-19-15-4-2-1-3-14(15)17/h1-8,10,19H. The van der Waals surface area contributed by atoms with Gasteiger partial charge in [-0.1, -0.05) is 47.5 Å². The van der Waals surface area contributed by atoms with Crippen LogP contribution in [-0.2, 0) is 0 Å². The minimum atomic E-state index is 0.511. The van der Waals surface area contributed by atoms with E-state index in [4.69, 9.17) is 23.2 Å². The minimum absolute atomic E-state index is 0.511. The summed E-state index contributed by atoms with van der Waals surface area (Å²) >= 11 is 11.8. The Hall–Kier alpha value is -1.95. The van der Waals surface area contributed by atoms with E-state index in [1.807, 2.05) is 18.2 Å². The number of halogens is 2. The average molecular weight is 289 g/mol. The molecule has 0 aliphatic carbocycles. The van der Waals surface area contributed by atoms with E-state index in [9.17, 15) is 5.26 Å². The number of nitrogens with one attached hydrogen (secondary N) is 1. The quantitative estimate of drug-likeness (QED) is 0.810. The highest BCUT2D eigenvalue weighted by Gasteiger charge is 2.01. The third kappa shape index (κ3) is 3.51. The lowest BCUT2D eigenvalue weighted by molar-refractivity contribution is 1.50. The lowest BCUT2D eigenvalue weighted by Crippen LogP contribution is -1.91. The van der Waals surface area contributed by atoms with Crippen LogP contribution >= 0.6 is 23.2 Å². The molecule has 0 aromatic heterocycles. The van der Waals surface area contributed by atoms with E-state index < -0.39 is 0 Å². The summed E-state index contributed by atoms with van der Waals surface area (Å²) < 4.78 is 0. The van der Waals surface area contributed by atoms with Gasteiger partial charge in [-0.2, -0.15) is 5.26 Å². The fraction of sp³-hybridized carbons (Fsp3) is 0. The van der Waals surface area contributed by atoms with E-state index in [2.05, 4.69) is 11.4 Å². The van der Waals surface area contributed by atoms with E-state index >= 15 is 0 Å². The number of anilines is 1. The van der Waals surface area contributed by atoms with Gasteiger partial charge in [0.05, 0.1) is 16.3 Å². The molecule has 94 valence electrons. The third-order valence-corrected chi connectivity index (χ3v) is 3.10. The Morgan fingerprint density at radius 2 is 1.74 bits per heavy atom. The summed E-state index contributed by atoms with van der Waals surface area (Å²) in [6.07, 6.45) is 1.63. The van der Waals surface area contributed by atoms with Crippen molar-refractivity contribution in [2.24, 2.45) is 0 Å². The summed E-state index contributed by atoms with van der Waals surface area (Å²) in [6, 6.07) is 16.6. The largest absolute Gasteiger partial charge is 0.359 e. The van der Waals surface area contributed by atoms with Crippen molar-refractivity contribution in [2.45, 2.75) is 0 Å². The van der Waals surface area contributed by atoms with Crippen LogP contribution in [0.15, 0.2) is 54.7 Å². The molecule has 2 rings (SSSR count). The maximum atomic E-state index is 9.17. The molecule has 2 nitrogen and oxygen atoms in total. The second-order valence-electron chi connectivity index (χ2n) is 3.80. The van der Waals surface area contributed by atoms with Crippen molar-refractivity contribution >= 4 is 34.5 Å². The van der Waals surface area contributed by atoms with Crippen LogP contribution in [-0.4, -0.2) is 0 Å². The first kappa shape index (κ1) is 13.5. The molecular formula is C15H10Cl2N2. The molecule has 0 atom stereocenters. The predicted octanol–water partition coefficient (Wildman–Crippen LogP) is 4.97. The van der Waals surface area contributed by atoms with Crippen LogP contribution in [0.3, 0.4) is 0 Å². The molecule has 0 fully saturated rings. The lowest BCUT2D eigenvalue weighted by Gasteiger charge is -2.04. The Morgan fingerprint density at radius 1 is 1.05 bits per heavy atom. The second kappa shape index (κ2) is 6.29. The van der Waals surface area contributed by atoms with Crippen LogP contribution in [0.4, 0.5) is 5.69 Å². The van der Waals surface area contributed by atoms with Crippen LogP contribution in [0.1, 0.15) is 5.56 Å². The van der Waals surface area contributed by atoms with Gasteiger partial charge in [0.2, 0.25) is 0 Å². The molecule has 19 heavy (non-hydrogen) atoms. The first-order valence-electron chi connectivity index (χ1n) is 5.58. The van der Waals surface area contributed by atoms with E-state index in [0.29, 0.717) is 15.6 Å². The third-order valence-electron chi connectivity index (χ3n) is 2.52. The molecule has 0 amide bonds. The number of nitrogens with zero attached hydrogens (tertiary/aromatic N) is 1. The molecule has 0 saturated carbocycles. The van der Waals surface area contributed by atoms with Crippen molar-refractivity contribution in [1.82, 2.24) is 0 Å². The van der Waals surface area contributed by atoms with Gasteiger partial charge in [0.1, 0.15) is 6.07 Å². The number of allylic oxidation sites excluding steroid dienone is 1. The Morgan fingerprint density at radius 3 is 2.37 bits per heavy atom. The van der Waals surface area contributed by atoms with Crippen LogP contribution in [0.25, 0.3) is 5.57 Å². The summed E-state index contributed by atoms with van der Waals surface area (Å²) in [5.41, 5.74) is 2.06. The molecule has 0 saturated heterocycles. The van der Waals surface area contributed by atoms with Gasteiger partial charge in [0.25, 0.3) is 0 Å². The van der Waals surface area contributed by atoms with Crippen molar-refractivity contribution in [1.29, 1.82) is 5.26 Å². The zero-order valence-corrected chi connectivity index (χ0v) is 11.4. The highest BCUT2D eigenvalue weighted by molar-refractivity contribution is 6.33. The monoisotopic (exact) mass is 288 g/mol. The molecule has 0 unspecified atom stereocenters. The number of hydrogen-bond donors (Lipinski definition) is 1. The Bertz CT molecular complexity index is 640. The smallest absolute Gasteiger partial charge is 0.101 e. The van der Waals surface area contributed by atoms with Gasteiger partial charge in [-0.15, -0.1) is 0 Å². The number of hydrogen-bond acceptors (Lipinski definition) is 2. The molecule has 0 bridgehead atoms. The summed E-state index contributed by atoms with van der Waals surface area (Å²) in [5.74, 6) is 0. The van der Waals surface area contributed by atoms with Crippen molar-refractivity contribution in [3.8, 4) is 6.07 Å². The van der Waals surface area contributed by atoms with Gasteiger partial charge in [-0.25, -0.2) is 0 Å². The lowest BCUT2D eigenvalue weighted by atomic mass is 10.1. The van der Waals surface area contributed by atoms with Crippen molar-refractivity contribution in [3.63, 3.8) is 0 Å². The highest BCUT2D eigenvalue weighted by Crippen LogP contribution is 2.22. The molecule has 2 aromatic rings. The predicted molar refractivity (Wildman–Crippen MR) is 80.1 cm³/mol. The topological polar surface area (TPSA) is 35.8 Å². The molecule has 0 radical (unpaired) electrons. The van der Waals surface area contributed by atoms with E-state index in [0.717, 1.165) is 11.3 Å². The first-order valence-corrected chi connectivity index (χ1v) is 6.33. The van der Waals surface area contributed by atoms with Crippen LogP contribution in [0.2, 0.25) is 10.0 Å². The van der Waals surface area contributed by atoms with Gasteiger partial charge < -0.3 is 5.32 Å². The second-order valence-corrected chi connectivity index (χ2v) is 4.64. The number of benzene rings is 2. The van der Waals surface area contributed by atoms with E-state index in [1.54, 1.807) is 36.5 Å². The van der Waals surface area contributed by atoms with Crippen molar-refractivity contribution < 1.29 is 0 Å². The summed E-state index contributed by atoms with van der Waals surface area (Å²) in [7, 11) is 0. The fourth-order valence-electron chi connectivity index (χ4n) is 1.54. The Kier molecular flexibility index (Phi) is 4.46. The van der Waals surface area contributed by atoms with Gasteiger partial charge in [-0.3, -0.25) is 0 Å². The van der Waals surface area contributed by atoms with Gasteiger partial charge in [0.15, 0.2) is 0 Å². The zero-order chi connectivity index (χ0) is 13.7. The summed E-state index contributed by atoms with van der Waals surface area (Å²) in [5, 5.41) is 13.4. The van der Waals surface area contributed by atoms with Gasteiger partial charge in [0, 0.05) is 11.2 Å². The number of nitriles is 1. The normalized spacial score (nSPS) is 10.9. The first-order chi connectivity index (χ1) is 9.20. The molecule has 0 spiro atoms. The van der Waals surface area contributed by atoms with Crippen LogP contribution in [0, 0.1) is 11.3 Å². The summed E-state index contributed by atoms with van der Waals surface area (Å²) in [6.45, 7) is 0. The van der Waals surface area contributed by atoms with E-state index in [-0.39, 0.29) is 0 Å². The highest BCUT2D eigenvalue weighted by atomic mass is 35.5. The SMILES string of the molecule is N#CC(=CNc1ccccc1Cl)c1ccc(Cl)cc1.